The van der Waals surface area contributed by atoms with Crippen molar-refractivity contribution >= 4 is 6.09 Å². The number of allylic oxidation sites excluding steroid dienone is 2. The van der Waals surface area contributed by atoms with Gasteiger partial charge in [0.15, 0.2) is 0 Å². The zero-order valence-corrected chi connectivity index (χ0v) is 12.1. The van der Waals surface area contributed by atoms with E-state index < -0.39 is 0 Å². The molecule has 3 heteroatoms. The standard InChI is InChI=1S/C19H17NO2/c21-19(22-15-16-9-3-1-4-10-16)20-14-8-7-13-18(20)17-11-5-2-6-12-17/h1-14,18H,15H2. The zero-order valence-electron chi connectivity index (χ0n) is 12.1. The fraction of sp³-hybridized carbons (Fsp3) is 0.105. The summed E-state index contributed by atoms with van der Waals surface area (Å²) in [6, 6.07) is 19.5. The first-order valence-electron chi connectivity index (χ1n) is 7.23. The molecule has 0 saturated heterocycles. The van der Waals surface area contributed by atoms with Crippen molar-refractivity contribution in [3.8, 4) is 0 Å². The minimum absolute atomic E-state index is 0.130. The van der Waals surface area contributed by atoms with Gasteiger partial charge in [0.05, 0.1) is 6.04 Å². The van der Waals surface area contributed by atoms with Crippen LogP contribution in [-0.4, -0.2) is 11.0 Å². The van der Waals surface area contributed by atoms with Crippen LogP contribution in [0.2, 0.25) is 0 Å². The second-order valence-electron chi connectivity index (χ2n) is 5.03. The van der Waals surface area contributed by atoms with Crippen molar-refractivity contribution in [2.75, 3.05) is 0 Å². The van der Waals surface area contributed by atoms with E-state index in [0.29, 0.717) is 0 Å². The van der Waals surface area contributed by atoms with E-state index in [4.69, 9.17) is 4.74 Å². The molecule has 22 heavy (non-hydrogen) atoms. The predicted molar refractivity (Wildman–Crippen MR) is 85.9 cm³/mol. The van der Waals surface area contributed by atoms with E-state index in [1.165, 1.54) is 0 Å². The van der Waals surface area contributed by atoms with Crippen LogP contribution >= 0.6 is 0 Å². The largest absolute Gasteiger partial charge is 0.444 e. The smallest absolute Gasteiger partial charge is 0.414 e. The first kappa shape index (κ1) is 14.1. The summed E-state index contributed by atoms with van der Waals surface area (Å²) in [5.74, 6) is 0. The Kier molecular flexibility index (Phi) is 4.35. The Hall–Kier alpha value is -2.81. The summed E-state index contributed by atoms with van der Waals surface area (Å²) in [6.45, 7) is 0.273. The zero-order chi connectivity index (χ0) is 15.2. The molecule has 0 radical (unpaired) electrons. The molecule has 0 saturated carbocycles. The number of amides is 1. The van der Waals surface area contributed by atoms with Gasteiger partial charge in [0, 0.05) is 6.20 Å². The molecular formula is C19H17NO2. The third kappa shape index (κ3) is 3.26. The van der Waals surface area contributed by atoms with Crippen LogP contribution in [0.4, 0.5) is 4.79 Å². The number of carbonyl (C=O) groups is 1. The van der Waals surface area contributed by atoms with Crippen LogP contribution in [-0.2, 0) is 11.3 Å². The van der Waals surface area contributed by atoms with Crippen molar-refractivity contribution < 1.29 is 9.53 Å². The average Bonchev–Trinajstić information content (AvgIpc) is 2.61. The minimum atomic E-state index is -0.349. The average molecular weight is 291 g/mol. The Balaban J connectivity index is 1.70. The van der Waals surface area contributed by atoms with Crippen LogP contribution < -0.4 is 0 Å². The van der Waals surface area contributed by atoms with Crippen molar-refractivity contribution in [1.29, 1.82) is 0 Å². The Bertz CT molecular complexity index is 677. The van der Waals surface area contributed by atoms with E-state index in [1.807, 2.05) is 78.9 Å². The van der Waals surface area contributed by atoms with Gasteiger partial charge >= 0.3 is 6.09 Å². The highest BCUT2D eigenvalue weighted by molar-refractivity contribution is 5.70. The molecule has 0 aliphatic carbocycles. The molecule has 0 N–H and O–H groups in total. The number of rotatable bonds is 3. The summed E-state index contributed by atoms with van der Waals surface area (Å²) < 4.78 is 5.42. The van der Waals surface area contributed by atoms with E-state index in [2.05, 4.69) is 0 Å². The molecule has 3 rings (SSSR count). The van der Waals surface area contributed by atoms with Crippen molar-refractivity contribution in [3.05, 3.63) is 96.2 Å². The normalized spacial score (nSPS) is 16.5. The van der Waals surface area contributed by atoms with Gasteiger partial charge in [0.25, 0.3) is 0 Å². The number of benzene rings is 2. The van der Waals surface area contributed by atoms with Crippen LogP contribution in [0.1, 0.15) is 17.2 Å². The van der Waals surface area contributed by atoms with Crippen LogP contribution in [0.5, 0.6) is 0 Å². The third-order valence-corrected chi connectivity index (χ3v) is 3.51. The van der Waals surface area contributed by atoms with Gasteiger partial charge in [0.2, 0.25) is 0 Å². The van der Waals surface area contributed by atoms with Gasteiger partial charge < -0.3 is 4.74 Å². The van der Waals surface area contributed by atoms with Crippen LogP contribution in [0.3, 0.4) is 0 Å². The summed E-state index contributed by atoms with van der Waals surface area (Å²) in [6.07, 6.45) is 7.17. The molecule has 1 aliphatic rings. The monoisotopic (exact) mass is 291 g/mol. The molecular weight excluding hydrogens is 274 g/mol. The number of carbonyl (C=O) groups excluding carboxylic acids is 1. The number of hydrogen-bond donors (Lipinski definition) is 0. The van der Waals surface area contributed by atoms with Gasteiger partial charge in [-0.15, -0.1) is 0 Å². The molecule has 3 nitrogen and oxygen atoms in total. The van der Waals surface area contributed by atoms with Crippen molar-refractivity contribution in [2.45, 2.75) is 12.6 Å². The van der Waals surface area contributed by atoms with Gasteiger partial charge in [-0.25, -0.2) is 4.79 Å². The Morgan fingerprint density at radius 1 is 0.955 bits per heavy atom. The van der Waals surface area contributed by atoms with Crippen molar-refractivity contribution in [2.24, 2.45) is 0 Å². The highest BCUT2D eigenvalue weighted by atomic mass is 16.6. The number of hydrogen-bond acceptors (Lipinski definition) is 2. The van der Waals surface area contributed by atoms with E-state index in [0.717, 1.165) is 11.1 Å². The molecule has 1 atom stereocenters. The highest BCUT2D eigenvalue weighted by Gasteiger charge is 2.23. The molecule has 1 unspecified atom stereocenters. The lowest BCUT2D eigenvalue weighted by Crippen LogP contribution is -2.31. The van der Waals surface area contributed by atoms with Gasteiger partial charge in [0.1, 0.15) is 6.61 Å². The minimum Gasteiger partial charge on any atom is -0.444 e. The molecule has 1 heterocycles. The molecule has 0 bridgehead atoms. The first-order valence-corrected chi connectivity index (χ1v) is 7.23. The summed E-state index contributed by atoms with van der Waals surface area (Å²) in [4.78, 5) is 14.0. The maximum atomic E-state index is 12.4. The fourth-order valence-corrected chi connectivity index (χ4v) is 2.39. The van der Waals surface area contributed by atoms with Crippen LogP contribution in [0, 0.1) is 0 Å². The summed E-state index contributed by atoms with van der Waals surface area (Å²) in [5.41, 5.74) is 2.03. The van der Waals surface area contributed by atoms with E-state index in [-0.39, 0.29) is 18.7 Å². The lowest BCUT2D eigenvalue weighted by Gasteiger charge is -2.28. The molecule has 110 valence electrons. The molecule has 0 fully saturated rings. The lowest BCUT2D eigenvalue weighted by molar-refractivity contribution is 0.103. The molecule has 1 aliphatic heterocycles. The Labute approximate surface area is 130 Å². The molecule has 2 aromatic rings. The van der Waals surface area contributed by atoms with Crippen LogP contribution in [0.15, 0.2) is 85.1 Å². The second kappa shape index (κ2) is 6.76. The van der Waals surface area contributed by atoms with Gasteiger partial charge in [-0.3, -0.25) is 4.90 Å². The Morgan fingerprint density at radius 2 is 1.64 bits per heavy atom. The van der Waals surface area contributed by atoms with E-state index >= 15 is 0 Å². The molecule has 0 spiro atoms. The predicted octanol–water partition coefficient (Wildman–Crippen LogP) is 4.45. The summed E-state index contributed by atoms with van der Waals surface area (Å²) in [7, 11) is 0. The van der Waals surface area contributed by atoms with Crippen molar-refractivity contribution in [3.63, 3.8) is 0 Å². The third-order valence-electron chi connectivity index (χ3n) is 3.51. The first-order chi connectivity index (χ1) is 10.8. The lowest BCUT2D eigenvalue weighted by atomic mass is 10.0. The van der Waals surface area contributed by atoms with Crippen molar-refractivity contribution in [1.82, 2.24) is 4.90 Å². The van der Waals surface area contributed by atoms with Gasteiger partial charge in [-0.2, -0.15) is 0 Å². The molecule has 1 amide bonds. The number of nitrogens with zero attached hydrogens (tertiary/aromatic N) is 1. The van der Waals surface area contributed by atoms with Gasteiger partial charge in [-0.1, -0.05) is 72.8 Å². The highest BCUT2D eigenvalue weighted by Crippen LogP contribution is 2.26. The van der Waals surface area contributed by atoms with Crippen LogP contribution in [0.25, 0.3) is 0 Å². The fourth-order valence-electron chi connectivity index (χ4n) is 2.39. The molecule has 0 aromatic heterocycles. The molecule has 2 aromatic carbocycles. The Morgan fingerprint density at radius 3 is 2.36 bits per heavy atom. The summed E-state index contributed by atoms with van der Waals surface area (Å²) in [5, 5.41) is 0. The topological polar surface area (TPSA) is 29.5 Å². The summed E-state index contributed by atoms with van der Waals surface area (Å²) >= 11 is 0. The second-order valence-corrected chi connectivity index (χ2v) is 5.03. The SMILES string of the molecule is O=C(OCc1ccccc1)N1C=CC=CC1c1ccccc1. The van der Waals surface area contributed by atoms with E-state index in [1.54, 1.807) is 11.1 Å². The quantitative estimate of drug-likeness (QED) is 0.836. The number of ether oxygens (including phenoxy) is 1. The van der Waals surface area contributed by atoms with E-state index in [9.17, 15) is 4.79 Å². The van der Waals surface area contributed by atoms with Gasteiger partial charge in [-0.05, 0) is 17.2 Å². The maximum absolute atomic E-state index is 12.4. The maximum Gasteiger partial charge on any atom is 0.414 e.